The van der Waals surface area contributed by atoms with Crippen LogP contribution in [0.1, 0.15) is 5.56 Å². The number of aromatic amines is 1. The number of nitrogens with zero attached hydrogens (tertiary/aromatic N) is 3. The number of rotatable bonds is 4. The summed E-state index contributed by atoms with van der Waals surface area (Å²) in [7, 11) is 0. The Morgan fingerprint density at radius 1 is 1.03 bits per heavy atom. The molecule has 1 saturated heterocycles. The molecule has 2 aromatic carbocycles. The number of H-pyrrole nitrogens is 1. The molecule has 0 saturated carbocycles. The maximum atomic E-state index is 13.5. The molecule has 152 valence electrons. The third kappa shape index (κ3) is 3.66. The minimum atomic E-state index is -0.289. The number of nitrogens with one attached hydrogen (secondary N) is 1. The number of pyridine rings is 1. The second-order valence-electron chi connectivity index (χ2n) is 7.38. The molecule has 1 aliphatic rings. The fraction of sp³-hybridized carbons (Fsp3) is 0.217. The fourth-order valence-corrected chi connectivity index (χ4v) is 4.79. The van der Waals surface area contributed by atoms with Crippen LogP contribution in [0.2, 0.25) is 0 Å². The predicted octanol–water partition coefficient (Wildman–Crippen LogP) is 4.07. The molecule has 0 unspecified atom stereocenters. The SMILES string of the molecule is O=c1[nH]c2c(cc1CN1CCSCC1)c(-c1ccc(F)cc1)nn2-c1ccccc1. The lowest BCUT2D eigenvalue weighted by atomic mass is 10.1. The van der Waals surface area contributed by atoms with Gasteiger partial charge >= 0.3 is 0 Å². The van der Waals surface area contributed by atoms with E-state index < -0.39 is 0 Å². The fourth-order valence-electron chi connectivity index (χ4n) is 3.81. The Balaban J connectivity index is 1.67. The van der Waals surface area contributed by atoms with Crippen molar-refractivity contribution in [3.63, 3.8) is 0 Å². The van der Waals surface area contributed by atoms with Crippen LogP contribution in [0.4, 0.5) is 4.39 Å². The molecule has 5 nitrogen and oxygen atoms in total. The van der Waals surface area contributed by atoms with Crippen LogP contribution in [0.3, 0.4) is 0 Å². The van der Waals surface area contributed by atoms with Gasteiger partial charge in [-0.3, -0.25) is 9.69 Å². The minimum absolute atomic E-state index is 0.0940. The summed E-state index contributed by atoms with van der Waals surface area (Å²) < 4.78 is 15.2. The Labute approximate surface area is 177 Å². The van der Waals surface area contributed by atoms with Crippen molar-refractivity contribution < 1.29 is 4.39 Å². The van der Waals surface area contributed by atoms with Gasteiger partial charge in [-0.25, -0.2) is 9.07 Å². The number of thioether (sulfide) groups is 1. The predicted molar refractivity (Wildman–Crippen MR) is 120 cm³/mol. The van der Waals surface area contributed by atoms with E-state index in [1.165, 1.54) is 12.1 Å². The van der Waals surface area contributed by atoms with Crippen LogP contribution in [0.15, 0.2) is 65.5 Å². The molecule has 3 heterocycles. The first-order valence-electron chi connectivity index (χ1n) is 9.95. The highest BCUT2D eigenvalue weighted by Crippen LogP contribution is 2.29. The minimum Gasteiger partial charge on any atom is -0.306 e. The van der Waals surface area contributed by atoms with Gasteiger partial charge in [0.1, 0.15) is 17.2 Å². The molecule has 0 aliphatic carbocycles. The topological polar surface area (TPSA) is 53.9 Å². The second-order valence-corrected chi connectivity index (χ2v) is 8.60. The van der Waals surface area contributed by atoms with Crippen LogP contribution in [0.5, 0.6) is 0 Å². The van der Waals surface area contributed by atoms with E-state index in [2.05, 4.69) is 9.88 Å². The zero-order valence-corrected chi connectivity index (χ0v) is 17.2. The standard InChI is InChI=1S/C23H21FN4OS/c24-18-8-6-16(7-9-18)21-20-14-17(15-27-10-12-30-13-11-27)23(29)25-22(20)28(26-21)19-4-2-1-3-5-19/h1-9,14H,10-13,15H2,(H,25,29). The Morgan fingerprint density at radius 3 is 2.50 bits per heavy atom. The molecular weight excluding hydrogens is 399 g/mol. The first kappa shape index (κ1) is 19.1. The summed E-state index contributed by atoms with van der Waals surface area (Å²) in [5.41, 5.74) is 3.66. The van der Waals surface area contributed by atoms with Crippen molar-refractivity contribution in [3.05, 3.63) is 82.4 Å². The molecule has 5 rings (SSSR count). The van der Waals surface area contributed by atoms with E-state index in [0.717, 1.165) is 52.5 Å². The molecule has 2 aromatic heterocycles. The van der Waals surface area contributed by atoms with Gasteiger partial charge in [0.05, 0.1) is 5.69 Å². The zero-order chi connectivity index (χ0) is 20.5. The highest BCUT2D eigenvalue weighted by Gasteiger charge is 2.19. The van der Waals surface area contributed by atoms with Gasteiger partial charge in [-0.1, -0.05) is 18.2 Å². The van der Waals surface area contributed by atoms with Crippen molar-refractivity contribution >= 4 is 22.8 Å². The highest BCUT2D eigenvalue weighted by atomic mass is 32.2. The maximum absolute atomic E-state index is 13.5. The van der Waals surface area contributed by atoms with Gasteiger partial charge in [0.15, 0.2) is 0 Å². The van der Waals surface area contributed by atoms with Crippen LogP contribution in [0.25, 0.3) is 28.0 Å². The molecule has 0 atom stereocenters. The third-order valence-electron chi connectivity index (χ3n) is 5.38. The molecule has 0 amide bonds. The van der Waals surface area contributed by atoms with Crippen LogP contribution < -0.4 is 5.56 Å². The average Bonchev–Trinajstić information content (AvgIpc) is 3.14. The smallest absolute Gasteiger partial charge is 0.254 e. The highest BCUT2D eigenvalue weighted by molar-refractivity contribution is 7.99. The van der Waals surface area contributed by atoms with Crippen LogP contribution in [-0.4, -0.2) is 44.3 Å². The van der Waals surface area contributed by atoms with Gasteiger partial charge in [-0.15, -0.1) is 0 Å². The van der Waals surface area contributed by atoms with E-state index in [4.69, 9.17) is 5.10 Å². The Bertz CT molecular complexity index is 1230. The Hall–Kier alpha value is -2.90. The lowest BCUT2D eigenvalue weighted by Crippen LogP contribution is -2.34. The quantitative estimate of drug-likeness (QED) is 0.541. The van der Waals surface area contributed by atoms with Crippen molar-refractivity contribution in [2.75, 3.05) is 24.6 Å². The van der Waals surface area contributed by atoms with Crippen molar-refractivity contribution in [1.29, 1.82) is 0 Å². The maximum Gasteiger partial charge on any atom is 0.254 e. The number of halogens is 1. The number of para-hydroxylation sites is 1. The summed E-state index contributed by atoms with van der Waals surface area (Å²) in [5, 5.41) is 5.65. The van der Waals surface area contributed by atoms with E-state index in [1.807, 2.05) is 48.2 Å². The third-order valence-corrected chi connectivity index (χ3v) is 6.32. The lowest BCUT2D eigenvalue weighted by molar-refractivity contribution is 0.293. The monoisotopic (exact) mass is 420 g/mol. The van der Waals surface area contributed by atoms with E-state index in [-0.39, 0.29) is 11.4 Å². The Kier molecular flexibility index (Phi) is 5.14. The largest absolute Gasteiger partial charge is 0.306 e. The number of hydrogen-bond acceptors (Lipinski definition) is 4. The molecule has 1 fully saturated rings. The van der Waals surface area contributed by atoms with Gasteiger partial charge in [0, 0.05) is 47.7 Å². The molecule has 0 bridgehead atoms. The summed E-state index contributed by atoms with van der Waals surface area (Å²) in [6.45, 7) is 2.58. The zero-order valence-electron chi connectivity index (χ0n) is 16.3. The average molecular weight is 421 g/mol. The van der Waals surface area contributed by atoms with Crippen LogP contribution in [0, 0.1) is 5.82 Å². The molecule has 4 aromatic rings. The summed E-state index contributed by atoms with van der Waals surface area (Å²) >= 11 is 1.95. The molecule has 7 heteroatoms. The lowest BCUT2D eigenvalue weighted by Gasteiger charge is -2.25. The van der Waals surface area contributed by atoms with Crippen LogP contribution >= 0.6 is 11.8 Å². The first-order chi connectivity index (χ1) is 14.7. The number of benzene rings is 2. The first-order valence-corrected chi connectivity index (χ1v) is 11.1. The van der Waals surface area contributed by atoms with Crippen LogP contribution in [-0.2, 0) is 6.54 Å². The van der Waals surface area contributed by atoms with Gasteiger partial charge in [-0.05, 0) is 42.5 Å². The van der Waals surface area contributed by atoms with Crippen molar-refractivity contribution in [2.24, 2.45) is 0 Å². The van der Waals surface area contributed by atoms with E-state index in [9.17, 15) is 9.18 Å². The normalized spacial score (nSPS) is 15.0. The van der Waals surface area contributed by atoms with Crippen molar-refractivity contribution in [3.8, 4) is 16.9 Å². The van der Waals surface area contributed by atoms with E-state index in [0.29, 0.717) is 12.2 Å². The Morgan fingerprint density at radius 2 is 1.77 bits per heavy atom. The van der Waals surface area contributed by atoms with E-state index in [1.54, 1.807) is 16.8 Å². The van der Waals surface area contributed by atoms with Crippen molar-refractivity contribution in [1.82, 2.24) is 19.7 Å². The van der Waals surface area contributed by atoms with Crippen molar-refractivity contribution in [2.45, 2.75) is 6.54 Å². The number of hydrogen-bond donors (Lipinski definition) is 1. The van der Waals surface area contributed by atoms with Gasteiger partial charge in [0.25, 0.3) is 5.56 Å². The summed E-state index contributed by atoms with van der Waals surface area (Å²) in [6, 6.07) is 17.9. The van der Waals surface area contributed by atoms with E-state index >= 15 is 0 Å². The number of aromatic nitrogens is 3. The molecule has 1 N–H and O–H groups in total. The van der Waals surface area contributed by atoms with Gasteiger partial charge < -0.3 is 4.98 Å². The van der Waals surface area contributed by atoms with Gasteiger partial charge in [-0.2, -0.15) is 16.9 Å². The molecule has 0 spiro atoms. The molecule has 1 aliphatic heterocycles. The second kappa shape index (κ2) is 8.08. The van der Waals surface area contributed by atoms with Gasteiger partial charge in [0.2, 0.25) is 0 Å². The summed E-state index contributed by atoms with van der Waals surface area (Å²) in [5.74, 6) is 1.89. The molecular formula is C23H21FN4OS. The molecule has 0 radical (unpaired) electrons. The number of fused-ring (bicyclic) bond motifs is 1. The summed E-state index contributed by atoms with van der Waals surface area (Å²) in [4.78, 5) is 18.3. The summed E-state index contributed by atoms with van der Waals surface area (Å²) in [6.07, 6.45) is 0. The molecule has 30 heavy (non-hydrogen) atoms.